The molecule has 8 heteroatoms. The van der Waals surface area contributed by atoms with E-state index in [9.17, 15) is 19.5 Å². The van der Waals surface area contributed by atoms with Gasteiger partial charge in [0, 0.05) is 39.8 Å². The van der Waals surface area contributed by atoms with Crippen LogP contribution in [0.25, 0.3) is 10.9 Å². The molecule has 0 saturated carbocycles. The summed E-state index contributed by atoms with van der Waals surface area (Å²) in [6, 6.07) is 10.3. The first kappa shape index (κ1) is 25.0. The molecule has 3 aromatic rings. The van der Waals surface area contributed by atoms with Crippen LogP contribution in [0.5, 0.6) is 5.75 Å². The predicted molar refractivity (Wildman–Crippen MR) is 131 cm³/mol. The topological polar surface area (TPSA) is 118 Å². The van der Waals surface area contributed by atoms with Crippen LogP contribution in [0.15, 0.2) is 47.4 Å². The number of methoxy groups -OCH3 is 1. The lowest BCUT2D eigenvalue weighted by Gasteiger charge is -2.30. The summed E-state index contributed by atoms with van der Waals surface area (Å²) >= 11 is 0. The molecule has 0 fully saturated rings. The van der Waals surface area contributed by atoms with Gasteiger partial charge in [0.15, 0.2) is 0 Å². The van der Waals surface area contributed by atoms with Crippen molar-refractivity contribution in [3.8, 4) is 5.75 Å². The minimum atomic E-state index is -0.929. The first-order valence-electron chi connectivity index (χ1n) is 10.9. The number of nitrogens with one attached hydrogen (secondary N) is 2. The van der Waals surface area contributed by atoms with Crippen LogP contribution in [-0.4, -0.2) is 35.9 Å². The highest BCUT2D eigenvalue weighted by Gasteiger charge is 2.30. The van der Waals surface area contributed by atoms with E-state index in [-0.39, 0.29) is 17.9 Å². The number of ether oxygens (including phenoxy) is 2. The maximum atomic E-state index is 13.2. The molecule has 3 N–H and O–H groups in total. The Morgan fingerprint density at radius 3 is 2.35 bits per heavy atom. The standard InChI is InChI=1S/C26H30N2O6/c1-25(2,3)17-11-18(26(4,5)14-29)21(34-24(32)33-6)12-20(17)28-23(31)16-13-27-19-10-8-7-9-15(19)22(16)30/h7-13,29H,14H2,1-6H3,(H,27,30)(H,28,31). The Morgan fingerprint density at radius 1 is 1.06 bits per heavy atom. The number of aliphatic hydroxyl groups excluding tert-OH is 1. The second-order valence-corrected chi connectivity index (χ2v) is 9.77. The van der Waals surface area contributed by atoms with Gasteiger partial charge in [0.2, 0.25) is 5.43 Å². The van der Waals surface area contributed by atoms with Gasteiger partial charge in [0.1, 0.15) is 11.3 Å². The molecule has 3 rings (SSSR count). The fraction of sp³-hybridized carbons (Fsp3) is 0.346. The van der Waals surface area contributed by atoms with E-state index in [1.807, 2.05) is 34.6 Å². The molecular weight excluding hydrogens is 436 g/mol. The van der Waals surface area contributed by atoms with E-state index >= 15 is 0 Å². The summed E-state index contributed by atoms with van der Waals surface area (Å²) in [6.07, 6.45) is 0.452. The molecule has 1 aromatic heterocycles. The molecular formula is C26H30N2O6. The molecule has 0 bridgehead atoms. The Balaban J connectivity index is 2.15. The molecule has 1 heterocycles. The zero-order chi connectivity index (χ0) is 25.3. The number of fused-ring (bicyclic) bond motifs is 1. The van der Waals surface area contributed by atoms with Crippen molar-refractivity contribution in [3.05, 3.63) is 69.5 Å². The molecule has 2 aromatic carbocycles. The summed E-state index contributed by atoms with van der Waals surface area (Å²) in [7, 11) is 1.19. The lowest BCUT2D eigenvalue weighted by Crippen LogP contribution is -2.27. The third kappa shape index (κ3) is 4.97. The van der Waals surface area contributed by atoms with Crippen LogP contribution >= 0.6 is 0 Å². The van der Waals surface area contributed by atoms with Crippen LogP contribution in [0.4, 0.5) is 10.5 Å². The number of H-pyrrole nitrogens is 1. The van der Waals surface area contributed by atoms with Crippen LogP contribution in [0.1, 0.15) is 56.1 Å². The molecule has 0 aliphatic carbocycles. The third-order valence-electron chi connectivity index (χ3n) is 5.69. The molecule has 34 heavy (non-hydrogen) atoms. The highest BCUT2D eigenvalue weighted by atomic mass is 16.7. The van der Waals surface area contributed by atoms with Crippen LogP contribution in [-0.2, 0) is 15.6 Å². The Labute approximate surface area is 197 Å². The number of para-hydroxylation sites is 1. The summed E-state index contributed by atoms with van der Waals surface area (Å²) in [5.74, 6) is -0.461. The minimum Gasteiger partial charge on any atom is -0.437 e. The zero-order valence-electron chi connectivity index (χ0n) is 20.2. The molecule has 0 spiro atoms. The monoisotopic (exact) mass is 466 g/mol. The lowest BCUT2D eigenvalue weighted by molar-refractivity contribution is 0.102. The van der Waals surface area contributed by atoms with Crippen molar-refractivity contribution >= 4 is 28.7 Å². The number of pyridine rings is 1. The van der Waals surface area contributed by atoms with Crippen molar-refractivity contribution in [2.75, 3.05) is 19.0 Å². The normalized spacial score (nSPS) is 11.9. The number of carbonyl (C=O) groups is 2. The van der Waals surface area contributed by atoms with Gasteiger partial charge < -0.3 is 24.9 Å². The van der Waals surface area contributed by atoms with Crippen LogP contribution < -0.4 is 15.5 Å². The lowest BCUT2D eigenvalue weighted by atomic mass is 9.78. The summed E-state index contributed by atoms with van der Waals surface area (Å²) in [5.41, 5.74) is 0.704. The van der Waals surface area contributed by atoms with Crippen molar-refractivity contribution in [1.82, 2.24) is 4.98 Å². The number of carbonyl (C=O) groups excluding carboxylic acids is 2. The molecule has 0 atom stereocenters. The number of rotatable bonds is 5. The average Bonchev–Trinajstić information content (AvgIpc) is 2.78. The van der Waals surface area contributed by atoms with Crippen LogP contribution in [0.2, 0.25) is 0 Å². The number of aliphatic hydroxyl groups is 1. The number of hydrogen-bond acceptors (Lipinski definition) is 6. The van der Waals surface area contributed by atoms with E-state index in [0.717, 1.165) is 5.56 Å². The number of anilines is 1. The molecule has 0 aliphatic heterocycles. The molecule has 0 unspecified atom stereocenters. The summed E-state index contributed by atoms with van der Waals surface area (Å²) in [6.45, 7) is 9.33. The van der Waals surface area contributed by atoms with Gasteiger partial charge in [-0.25, -0.2) is 4.79 Å². The SMILES string of the molecule is COC(=O)Oc1cc(NC(=O)c2c[nH]c3ccccc3c2=O)c(C(C)(C)C)cc1C(C)(C)CO. The molecule has 0 radical (unpaired) electrons. The third-order valence-corrected chi connectivity index (χ3v) is 5.69. The molecule has 0 saturated heterocycles. The van der Waals surface area contributed by atoms with Gasteiger partial charge in [0.25, 0.3) is 5.91 Å². The average molecular weight is 467 g/mol. The fourth-order valence-electron chi connectivity index (χ4n) is 3.66. The van der Waals surface area contributed by atoms with Gasteiger partial charge in [0.05, 0.1) is 13.7 Å². The number of aromatic amines is 1. The van der Waals surface area contributed by atoms with Gasteiger partial charge in [-0.2, -0.15) is 0 Å². The van der Waals surface area contributed by atoms with Crippen molar-refractivity contribution in [2.24, 2.45) is 0 Å². The van der Waals surface area contributed by atoms with Crippen molar-refractivity contribution in [2.45, 2.75) is 45.4 Å². The summed E-state index contributed by atoms with van der Waals surface area (Å²) < 4.78 is 10.0. The van der Waals surface area contributed by atoms with Gasteiger partial charge >= 0.3 is 6.16 Å². The Morgan fingerprint density at radius 2 is 1.74 bits per heavy atom. The Bertz CT molecular complexity index is 1300. The van der Waals surface area contributed by atoms with E-state index in [2.05, 4.69) is 15.0 Å². The van der Waals surface area contributed by atoms with Gasteiger partial charge in [-0.1, -0.05) is 46.8 Å². The highest BCUT2D eigenvalue weighted by molar-refractivity contribution is 6.06. The molecule has 8 nitrogen and oxygen atoms in total. The van der Waals surface area contributed by atoms with Gasteiger partial charge in [-0.05, 0) is 29.2 Å². The van der Waals surface area contributed by atoms with Gasteiger partial charge in [-0.15, -0.1) is 0 Å². The summed E-state index contributed by atoms with van der Waals surface area (Å²) in [4.78, 5) is 41.0. The first-order chi connectivity index (χ1) is 15.9. The maximum absolute atomic E-state index is 13.2. The minimum absolute atomic E-state index is 0.0474. The Hall–Kier alpha value is -3.65. The zero-order valence-corrected chi connectivity index (χ0v) is 20.2. The largest absolute Gasteiger partial charge is 0.513 e. The second kappa shape index (κ2) is 9.30. The summed E-state index contributed by atoms with van der Waals surface area (Å²) in [5, 5.41) is 13.2. The number of hydrogen-bond donors (Lipinski definition) is 3. The van der Waals surface area contributed by atoms with Crippen LogP contribution in [0.3, 0.4) is 0 Å². The van der Waals surface area contributed by atoms with Crippen molar-refractivity contribution in [3.63, 3.8) is 0 Å². The Kier molecular flexibility index (Phi) is 6.84. The van der Waals surface area contributed by atoms with Gasteiger partial charge in [-0.3, -0.25) is 9.59 Å². The number of aromatic nitrogens is 1. The van der Waals surface area contributed by atoms with Crippen molar-refractivity contribution in [1.29, 1.82) is 0 Å². The quantitative estimate of drug-likeness (QED) is 0.377. The molecule has 180 valence electrons. The maximum Gasteiger partial charge on any atom is 0.513 e. The highest BCUT2D eigenvalue weighted by Crippen LogP contribution is 2.40. The van der Waals surface area contributed by atoms with E-state index < -0.39 is 28.3 Å². The van der Waals surface area contributed by atoms with E-state index in [1.54, 1.807) is 30.3 Å². The van der Waals surface area contributed by atoms with Crippen LogP contribution in [0, 0.1) is 0 Å². The van der Waals surface area contributed by atoms with E-state index in [4.69, 9.17) is 4.74 Å². The smallest absolute Gasteiger partial charge is 0.437 e. The van der Waals surface area contributed by atoms with E-state index in [0.29, 0.717) is 22.2 Å². The predicted octanol–water partition coefficient (Wildman–Crippen LogP) is 4.49. The van der Waals surface area contributed by atoms with E-state index in [1.165, 1.54) is 19.4 Å². The number of benzene rings is 2. The first-order valence-corrected chi connectivity index (χ1v) is 10.9. The molecule has 1 amide bonds. The van der Waals surface area contributed by atoms with Crippen molar-refractivity contribution < 1.29 is 24.2 Å². The number of amides is 1. The molecule has 0 aliphatic rings. The fourth-order valence-corrected chi connectivity index (χ4v) is 3.66. The second-order valence-electron chi connectivity index (χ2n) is 9.77.